The van der Waals surface area contributed by atoms with Crippen LogP contribution >= 0.6 is 15.9 Å². The number of hydrogen-bond donors (Lipinski definition) is 2. The molecule has 1 aromatic carbocycles. The van der Waals surface area contributed by atoms with Crippen LogP contribution in [0.4, 0.5) is 5.69 Å². The highest BCUT2D eigenvalue weighted by Crippen LogP contribution is 2.36. The Bertz CT molecular complexity index is 434. The van der Waals surface area contributed by atoms with Gasteiger partial charge in [0.25, 0.3) is 5.69 Å². The predicted octanol–water partition coefficient (Wildman–Crippen LogP) is 2.64. The molecule has 3 N–H and O–H groups in total. The van der Waals surface area contributed by atoms with E-state index in [4.69, 9.17) is 5.73 Å². The lowest BCUT2D eigenvalue weighted by Crippen LogP contribution is -2.09. The second-order valence-corrected chi connectivity index (χ2v) is 4.11. The molecule has 0 fully saturated rings. The quantitative estimate of drug-likeness (QED) is 0.506. The highest BCUT2D eigenvalue weighted by molar-refractivity contribution is 9.10. The Morgan fingerprint density at radius 1 is 1.69 bits per heavy atom. The van der Waals surface area contributed by atoms with Crippen LogP contribution in [0.3, 0.4) is 0 Å². The molecule has 0 aromatic heterocycles. The van der Waals surface area contributed by atoms with Gasteiger partial charge in [0.15, 0.2) is 0 Å². The second kappa shape index (κ2) is 5.09. The molecule has 0 aliphatic rings. The summed E-state index contributed by atoms with van der Waals surface area (Å²) in [4.78, 5) is 10.1. The Morgan fingerprint density at radius 3 is 2.81 bits per heavy atom. The molecule has 0 aliphatic heterocycles. The molecule has 0 saturated heterocycles. The maximum atomic E-state index is 10.6. The Balaban J connectivity index is 3.26. The van der Waals surface area contributed by atoms with E-state index in [1.165, 1.54) is 12.1 Å². The number of aromatic hydroxyl groups is 1. The van der Waals surface area contributed by atoms with E-state index >= 15 is 0 Å². The summed E-state index contributed by atoms with van der Waals surface area (Å²) < 4.78 is 0.260. The molecule has 0 spiro atoms. The van der Waals surface area contributed by atoms with E-state index in [9.17, 15) is 15.2 Å². The highest BCUT2D eigenvalue weighted by Gasteiger charge is 2.18. The minimum Gasteiger partial charge on any atom is -0.506 e. The number of nitro groups is 1. The van der Waals surface area contributed by atoms with Crippen LogP contribution in [0.25, 0.3) is 0 Å². The average molecular weight is 287 g/mol. The van der Waals surface area contributed by atoms with Crippen LogP contribution in [0.5, 0.6) is 5.75 Å². The van der Waals surface area contributed by atoms with Gasteiger partial charge in [0.1, 0.15) is 5.75 Å². The van der Waals surface area contributed by atoms with Gasteiger partial charge in [-0.2, -0.15) is 0 Å². The average Bonchev–Trinajstić information content (AvgIpc) is 2.21. The number of phenols is 1. The van der Waals surface area contributed by atoms with Gasteiger partial charge < -0.3 is 10.8 Å². The monoisotopic (exact) mass is 286 g/mol. The van der Waals surface area contributed by atoms with Gasteiger partial charge in [0.05, 0.1) is 9.40 Å². The number of benzene rings is 1. The van der Waals surface area contributed by atoms with Crippen LogP contribution in [0.2, 0.25) is 0 Å². The van der Waals surface area contributed by atoms with Crippen LogP contribution in [0.1, 0.15) is 18.0 Å². The summed E-state index contributed by atoms with van der Waals surface area (Å²) in [7, 11) is 0. The summed E-state index contributed by atoms with van der Waals surface area (Å²) in [6.45, 7) is 3.53. The number of non-ortho nitro benzene ring substituents is 1. The highest BCUT2D eigenvalue weighted by atomic mass is 79.9. The first-order valence-corrected chi connectivity index (χ1v) is 5.30. The van der Waals surface area contributed by atoms with Crippen molar-refractivity contribution in [2.24, 2.45) is 5.73 Å². The van der Waals surface area contributed by atoms with Gasteiger partial charge in [0.2, 0.25) is 0 Å². The van der Waals surface area contributed by atoms with Crippen LogP contribution in [-0.2, 0) is 0 Å². The number of nitro benzene ring substituents is 1. The fourth-order valence-electron chi connectivity index (χ4n) is 1.30. The summed E-state index contributed by atoms with van der Waals surface area (Å²) in [5.41, 5.74) is 5.99. The maximum absolute atomic E-state index is 10.6. The molecule has 5 nitrogen and oxygen atoms in total. The second-order valence-electron chi connectivity index (χ2n) is 3.25. The molecule has 0 amide bonds. The van der Waals surface area contributed by atoms with E-state index in [-0.39, 0.29) is 15.9 Å². The third kappa shape index (κ3) is 2.59. The molecule has 6 heteroatoms. The maximum Gasteiger partial charge on any atom is 0.271 e. The number of nitrogens with two attached hydrogens (primary N) is 1. The molecule has 0 bridgehead atoms. The van der Waals surface area contributed by atoms with Gasteiger partial charge in [-0.05, 0) is 22.4 Å². The van der Waals surface area contributed by atoms with Crippen molar-refractivity contribution in [3.05, 3.63) is 44.9 Å². The van der Waals surface area contributed by atoms with E-state index < -0.39 is 11.0 Å². The van der Waals surface area contributed by atoms with Crippen LogP contribution in [-0.4, -0.2) is 10.0 Å². The number of halogens is 1. The zero-order valence-corrected chi connectivity index (χ0v) is 9.98. The summed E-state index contributed by atoms with van der Waals surface area (Å²) in [6, 6.07) is 2.00. The fourth-order valence-corrected chi connectivity index (χ4v) is 1.76. The number of hydrogen-bond acceptors (Lipinski definition) is 4. The minimum atomic E-state index is -0.533. The van der Waals surface area contributed by atoms with Crippen molar-refractivity contribution in [3.63, 3.8) is 0 Å². The van der Waals surface area contributed by atoms with Crippen molar-refractivity contribution in [1.82, 2.24) is 0 Å². The Hall–Kier alpha value is -1.40. The van der Waals surface area contributed by atoms with Crippen molar-refractivity contribution < 1.29 is 10.0 Å². The molecular weight excluding hydrogens is 276 g/mol. The van der Waals surface area contributed by atoms with E-state index in [0.717, 1.165) is 0 Å². The number of rotatable bonds is 4. The number of phenolic OH excluding ortho intramolecular Hbond substituents is 1. The summed E-state index contributed by atoms with van der Waals surface area (Å²) in [5, 5.41) is 20.4. The van der Waals surface area contributed by atoms with E-state index in [1.807, 2.05) is 0 Å². The van der Waals surface area contributed by atoms with Gasteiger partial charge in [-0.15, -0.1) is 6.58 Å². The zero-order chi connectivity index (χ0) is 12.3. The number of nitrogens with zero attached hydrogens (tertiary/aromatic N) is 1. The third-order valence-corrected chi connectivity index (χ3v) is 2.71. The smallest absolute Gasteiger partial charge is 0.271 e. The van der Waals surface area contributed by atoms with Crippen molar-refractivity contribution in [2.75, 3.05) is 0 Å². The van der Waals surface area contributed by atoms with E-state index in [0.29, 0.717) is 12.0 Å². The van der Waals surface area contributed by atoms with Crippen LogP contribution in [0, 0.1) is 10.1 Å². The molecule has 0 heterocycles. The van der Waals surface area contributed by atoms with Crippen molar-refractivity contribution >= 4 is 21.6 Å². The van der Waals surface area contributed by atoms with Crippen LogP contribution < -0.4 is 5.73 Å². The summed E-state index contributed by atoms with van der Waals surface area (Å²) >= 11 is 3.05. The summed E-state index contributed by atoms with van der Waals surface area (Å²) in [6.07, 6.45) is 2.03. The fraction of sp³-hybridized carbons (Fsp3) is 0.200. The van der Waals surface area contributed by atoms with Gasteiger partial charge in [-0.1, -0.05) is 6.08 Å². The molecule has 1 aromatic rings. The zero-order valence-electron chi connectivity index (χ0n) is 8.39. The molecule has 1 rings (SSSR count). The standard InChI is InChI=1S/C10H11BrN2O3/c1-2-3-9(12)7-4-6(13(15)16)5-8(11)10(7)14/h2,4-5,9,14H,1,3,12H2/t9-/m0/s1. The topological polar surface area (TPSA) is 89.4 Å². The minimum absolute atomic E-state index is 0.0695. The molecule has 1 atom stereocenters. The first kappa shape index (κ1) is 12.7. The lowest BCUT2D eigenvalue weighted by atomic mass is 10.0. The Kier molecular flexibility index (Phi) is 4.03. The largest absolute Gasteiger partial charge is 0.506 e. The molecule has 86 valence electrons. The molecule has 0 radical (unpaired) electrons. The van der Waals surface area contributed by atoms with Crippen molar-refractivity contribution in [1.29, 1.82) is 0 Å². The predicted molar refractivity (Wildman–Crippen MR) is 64.2 cm³/mol. The van der Waals surface area contributed by atoms with Crippen molar-refractivity contribution in [2.45, 2.75) is 12.5 Å². The Labute approximate surface area is 101 Å². The van der Waals surface area contributed by atoms with Gasteiger partial charge in [-0.25, -0.2) is 0 Å². The first-order chi connectivity index (χ1) is 7.47. The lowest BCUT2D eigenvalue weighted by Gasteiger charge is -2.12. The molecule has 0 saturated carbocycles. The normalized spacial score (nSPS) is 12.1. The molecular formula is C10H11BrN2O3. The van der Waals surface area contributed by atoms with Gasteiger partial charge >= 0.3 is 0 Å². The first-order valence-electron chi connectivity index (χ1n) is 4.50. The summed E-state index contributed by atoms with van der Waals surface area (Å²) in [5.74, 6) is -0.0695. The van der Waals surface area contributed by atoms with Crippen molar-refractivity contribution in [3.8, 4) is 5.75 Å². The molecule has 0 aliphatic carbocycles. The molecule has 16 heavy (non-hydrogen) atoms. The lowest BCUT2D eigenvalue weighted by molar-refractivity contribution is -0.385. The van der Waals surface area contributed by atoms with Gasteiger partial charge in [0, 0.05) is 23.7 Å². The third-order valence-electron chi connectivity index (χ3n) is 2.11. The van der Waals surface area contributed by atoms with E-state index in [1.54, 1.807) is 6.08 Å². The SMILES string of the molecule is C=CC[C@H](N)c1cc([N+](=O)[O-])cc(Br)c1O. The van der Waals surface area contributed by atoms with E-state index in [2.05, 4.69) is 22.5 Å². The molecule has 0 unspecified atom stereocenters. The van der Waals surface area contributed by atoms with Crippen LogP contribution in [0.15, 0.2) is 29.3 Å². The Morgan fingerprint density at radius 2 is 2.31 bits per heavy atom. The van der Waals surface area contributed by atoms with Gasteiger partial charge in [-0.3, -0.25) is 10.1 Å².